The van der Waals surface area contributed by atoms with E-state index in [0.29, 0.717) is 19.4 Å². The zero-order valence-corrected chi connectivity index (χ0v) is 11.3. The molecule has 2 N–H and O–H groups in total. The van der Waals surface area contributed by atoms with Gasteiger partial charge in [0, 0.05) is 25.2 Å². The summed E-state index contributed by atoms with van der Waals surface area (Å²) in [4.78, 5) is 2.27. The van der Waals surface area contributed by atoms with E-state index in [1.807, 2.05) is 6.92 Å². The van der Waals surface area contributed by atoms with Gasteiger partial charge in [-0.25, -0.2) is 0 Å². The summed E-state index contributed by atoms with van der Waals surface area (Å²) in [6, 6.07) is 0.234. The average molecular weight is 280 g/mol. The van der Waals surface area contributed by atoms with E-state index in [4.69, 9.17) is 10.5 Å². The van der Waals surface area contributed by atoms with Gasteiger partial charge in [-0.05, 0) is 32.6 Å². The fourth-order valence-corrected chi connectivity index (χ4v) is 3.11. The second-order valence-corrected chi connectivity index (χ2v) is 5.81. The summed E-state index contributed by atoms with van der Waals surface area (Å²) >= 11 is 0. The highest BCUT2D eigenvalue weighted by atomic mass is 19.4. The summed E-state index contributed by atoms with van der Waals surface area (Å²) in [6.07, 6.45) is -2.23. The molecule has 2 fully saturated rings. The topological polar surface area (TPSA) is 38.5 Å². The maximum Gasteiger partial charge on any atom is 0.391 e. The van der Waals surface area contributed by atoms with E-state index in [9.17, 15) is 13.2 Å². The van der Waals surface area contributed by atoms with Crippen molar-refractivity contribution in [3.8, 4) is 0 Å². The molecule has 0 bridgehead atoms. The number of halogens is 3. The molecule has 0 spiro atoms. The molecule has 1 aliphatic carbocycles. The molecule has 1 heterocycles. The van der Waals surface area contributed by atoms with Gasteiger partial charge in [0.05, 0.1) is 18.6 Å². The normalized spacial score (nSPS) is 36.2. The van der Waals surface area contributed by atoms with Crippen LogP contribution >= 0.6 is 0 Å². The van der Waals surface area contributed by atoms with Crippen molar-refractivity contribution >= 4 is 0 Å². The van der Waals surface area contributed by atoms with Gasteiger partial charge in [-0.3, -0.25) is 4.90 Å². The third kappa shape index (κ3) is 3.83. The number of hydrogen-bond donors (Lipinski definition) is 1. The lowest BCUT2D eigenvalue weighted by atomic mass is 9.84. The molecule has 2 aliphatic rings. The molecule has 0 aromatic carbocycles. The van der Waals surface area contributed by atoms with Crippen LogP contribution in [0.4, 0.5) is 13.2 Å². The van der Waals surface area contributed by atoms with Crippen molar-refractivity contribution < 1.29 is 17.9 Å². The SMILES string of the molecule is CC(N)C1CN(C2CCC(C(F)(F)F)CC2)CCO1. The van der Waals surface area contributed by atoms with E-state index in [0.717, 1.165) is 13.1 Å². The Morgan fingerprint density at radius 1 is 1.21 bits per heavy atom. The molecule has 112 valence electrons. The van der Waals surface area contributed by atoms with E-state index < -0.39 is 12.1 Å². The smallest absolute Gasteiger partial charge is 0.374 e. The van der Waals surface area contributed by atoms with Crippen LogP contribution in [0.25, 0.3) is 0 Å². The molecular weight excluding hydrogens is 257 g/mol. The van der Waals surface area contributed by atoms with Crippen molar-refractivity contribution in [1.29, 1.82) is 0 Å². The van der Waals surface area contributed by atoms with Gasteiger partial charge in [-0.15, -0.1) is 0 Å². The summed E-state index contributed by atoms with van der Waals surface area (Å²) in [5.74, 6) is -1.10. The van der Waals surface area contributed by atoms with Gasteiger partial charge in [-0.1, -0.05) is 0 Å². The van der Waals surface area contributed by atoms with Crippen LogP contribution in [0.2, 0.25) is 0 Å². The molecule has 19 heavy (non-hydrogen) atoms. The number of hydrogen-bond acceptors (Lipinski definition) is 3. The van der Waals surface area contributed by atoms with Crippen LogP contribution in [-0.2, 0) is 4.74 Å². The summed E-state index contributed by atoms with van der Waals surface area (Å²) in [6.45, 7) is 4.10. The lowest BCUT2D eigenvalue weighted by Gasteiger charge is -2.42. The van der Waals surface area contributed by atoms with Crippen molar-refractivity contribution in [1.82, 2.24) is 4.90 Å². The van der Waals surface area contributed by atoms with Crippen LogP contribution in [0.1, 0.15) is 32.6 Å². The standard InChI is InChI=1S/C13H23F3N2O/c1-9(17)12-8-18(6-7-19-12)11-4-2-10(3-5-11)13(14,15)16/h9-12H,2-8,17H2,1H3. The highest BCUT2D eigenvalue weighted by Crippen LogP contribution is 2.38. The molecular formula is C13H23F3N2O. The lowest BCUT2D eigenvalue weighted by Crippen LogP contribution is -2.53. The molecule has 2 rings (SSSR count). The number of rotatable bonds is 2. The van der Waals surface area contributed by atoms with E-state index in [1.54, 1.807) is 0 Å². The van der Waals surface area contributed by atoms with Crippen LogP contribution < -0.4 is 5.73 Å². The Morgan fingerprint density at radius 2 is 1.84 bits per heavy atom. The molecule has 6 heteroatoms. The number of nitrogens with two attached hydrogens (primary N) is 1. The Kier molecular flexibility index (Phi) is 4.74. The number of alkyl halides is 3. The molecule has 2 atom stereocenters. The third-order valence-electron chi connectivity index (χ3n) is 4.39. The van der Waals surface area contributed by atoms with Crippen LogP contribution in [-0.4, -0.2) is 49.0 Å². The Bertz CT molecular complexity index is 288. The minimum atomic E-state index is -4.02. The molecule has 1 saturated heterocycles. The van der Waals surface area contributed by atoms with Crippen LogP contribution in [0.3, 0.4) is 0 Å². The fourth-order valence-electron chi connectivity index (χ4n) is 3.11. The molecule has 2 unspecified atom stereocenters. The first-order valence-electron chi connectivity index (χ1n) is 7.06. The zero-order valence-electron chi connectivity index (χ0n) is 11.3. The quantitative estimate of drug-likeness (QED) is 0.842. The second-order valence-electron chi connectivity index (χ2n) is 5.81. The van der Waals surface area contributed by atoms with Gasteiger partial charge >= 0.3 is 6.18 Å². The van der Waals surface area contributed by atoms with Crippen LogP contribution in [0.15, 0.2) is 0 Å². The maximum absolute atomic E-state index is 12.6. The van der Waals surface area contributed by atoms with Crippen LogP contribution in [0, 0.1) is 5.92 Å². The molecule has 1 aliphatic heterocycles. The first-order chi connectivity index (χ1) is 8.88. The highest BCUT2D eigenvalue weighted by Gasteiger charge is 2.42. The minimum absolute atomic E-state index is 0.00842. The summed E-state index contributed by atoms with van der Waals surface area (Å²) in [5, 5.41) is 0. The monoisotopic (exact) mass is 280 g/mol. The Labute approximate surface area is 112 Å². The van der Waals surface area contributed by atoms with Gasteiger partial charge < -0.3 is 10.5 Å². The van der Waals surface area contributed by atoms with Crippen LogP contribution in [0.5, 0.6) is 0 Å². The molecule has 0 aromatic heterocycles. The van der Waals surface area contributed by atoms with Gasteiger partial charge in [0.1, 0.15) is 0 Å². The third-order valence-corrected chi connectivity index (χ3v) is 4.39. The highest BCUT2D eigenvalue weighted by molar-refractivity contribution is 4.86. The van der Waals surface area contributed by atoms with Crippen molar-refractivity contribution in [3.05, 3.63) is 0 Å². The van der Waals surface area contributed by atoms with Crippen molar-refractivity contribution in [2.45, 2.75) is 57.0 Å². The Balaban J connectivity index is 1.84. The predicted octanol–water partition coefficient (Wildman–Crippen LogP) is 2.16. The molecule has 0 aromatic rings. The summed E-state index contributed by atoms with van der Waals surface area (Å²) in [7, 11) is 0. The first-order valence-corrected chi connectivity index (χ1v) is 7.06. The molecule has 3 nitrogen and oxygen atoms in total. The maximum atomic E-state index is 12.6. The van der Waals surface area contributed by atoms with Crippen molar-refractivity contribution in [3.63, 3.8) is 0 Å². The number of morpholine rings is 1. The first kappa shape index (κ1) is 15.1. The van der Waals surface area contributed by atoms with Gasteiger partial charge in [0.15, 0.2) is 0 Å². The molecule has 1 saturated carbocycles. The minimum Gasteiger partial charge on any atom is -0.374 e. The van der Waals surface area contributed by atoms with Gasteiger partial charge in [-0.2, -0.15) is 13.2 Å². The zero-order chi connectivity index (χ0) is 14.0. The number of nitrogens with zero attached hydrogens (tertiary/aromatic N) is 1. The Morgan fingerprint density at radius 3 is 2.37 bits per heavy atom. The largest absolute Gasteiger partial charge is 0.391 e. The fraction of sp³-hybridized carbons (Fsp3) is 1.00. The molecule has 0 amide bonds. The van der Waals surface area contributed by atoms with E-state index >= 15 is 0 Å². The predicted molar refractivity (Wildman–Crippen MR) is 66.8 cm³/mol. The van der Waals surface area contributed by atoms with Crippen molar-refractivity contribution in [2.75, 3.05) is 19.7 Å². The lowest BCUT2D eigenvalue weighted by molar-refractivity contribution is -0.185. The van der Waals surface area contributed by atoms with E-state index in [2.05, 4.69) is 4.90 Å². The summed E-state index contributed by atoms with van der Waals surface area (Å²) < 4.78 is 43.5. The molecule has 0 radical (unpaired) electrons. The van der Waals surface area contributed by atoms with Gasteiger partial charge in [0.25, 0.3) is 0 Å². The number of ether oxygens (including phenoxy) is 1. The summed E-state index contributed by atoms with van der Waals surface area (Å²) in [5.41, 5.74) is 5.84. The second kappa shape index (κ2) is 5.97. The van der Waals surface area contributed by atoms with Gasteiger partial charge in [0.2, 0.25) is 0 Å². The Hall–Kier alpha value is -0.330. The van der Waals surface area contributed by atoms with E-state index in [-0.39, 0.29) is 31.0 Å². The van der Waals surface area contributed by atoms with Crippen molar-refractivity contribution in [2.24, 2.45) is 11.7 Å². The average Bonchev–Trinajstić information content (AvgIpc) is 2.38. The van der Waals surface area contributed by atoms with E-state index in [1.165, 1.54) is 0 Å².